The summed E-state index contributed by atoms with van der Waals surface area (Å²) in [4.78, 5) is 25.5. The number of nitro benzene ring substituents is 1. The van der Waals surface area contributed by atoms with Crippen molar-refractivity contribution in [2.45, 2.75) is 18.9 Å². The Hall–Kier alpha value is -3.33. The number of nitro groups is 1. The summed E-state index contributed by atoms with van der Waals surface area (Å²) < 4.78 is 16.3. The molecule has 0 radical (unpaired) electrons. The van der Waals surface area contributed by atoms with E-state index in [2.05, 4.69) is 10.2 Å². The largest absolute Gasteiger partial charge is 0.496 e. The molecule has 0 aromatic heterocycles. The first-order valence-corrected chi connectivity index (χ1v) is 9.81. The molecule has 1 amide bonds. The smallest absolute Gasteiger partial charge is 0.296 e. The fourth-order valence-corrected chi connectivity index (χ4v) is 3.93. The summed E-state index contributed by atoms with van der Waals surface area (Å²) in [6, 6.07) is 10.3. The fraction of sp³-hybridized carbons (Fsp3) is 0.381. The molecular formula is C21H23N3O6. The van der Waals surface area contributed by atoms with Crippen LogP contribution in [-0.2, 0) is 4.79 Å². The SMILES string of the molecule is COc1ccc(NC(=O)CN2CCC[C@@H]2c2ccc3c(c2)OCCO3)c([N+](=O)[O-])c1. The quantitative estimate of drug-likeness (QED) is 0.573. The monoisotopic (exact) mass is 413 g/mol. The van der Waals surface area contributed by atoms with Crippen molar-refractivity contribution in [2.24, 2.45) is 0 Å². The van der Waals surface area contributed by atoms with Gasteiger partial charge in [0.25, 0.3) is 5.69 Å². The second kappa shape index (κ2) is 8.58. The van der Waals surface area contributed by atoms with Crippen LogP contribution >= 0.6 is 0 Å². The van der Waals surface area contributed by atoms with E-state index in [1.807, 2.05) is 18.2 Å². The number of nitrogens with one attached hydrogen (secondary N) is 1. The van der Waals surface area contributed by atoms with Crippen LogP contribution in [-0.4, -0.2) is 49.1 Å². The first-order valence-electron chi connectivity index (χ1n) is 9.81. The maximum atomic E-state index is 12.7. The third kappa shape index (κ3) is 4.16. The molecule has 2 aliphatic heterocycles. The molecule has 4 rings (SSSR count). The van der Waals surface area contributed by atoms with Crippen LogP contribution < -0.4 is 19.5 Å². The highest BCUT2D eigenvalue weighted by Crippen LogP contribution is 2.38. The van der Waals surface area contributed by atoms with E-state index in [0.29, 0.717) is 19.0 Å². The lowest BCUT2D eigenvalue weighted by molar-refractivity contribution is -0.384. The highest BCUT2D eigenvalue weighted by atomic mass is 16.6. The molecule has 9 nitrogen and oxygen atoms in total. The zero-order valence-corrected chi connectivity index (χ0v) is 16.6. The molecule has 9 heteroatoms. The van der Waals surface area contributed by atoms with E-state index in [0.717, 1.165) is 36.4 Å². The topological polar surface area (TPSA) is 103 Å². The van der Waals surface area contributed by atoms with Gasteiger partial charge in [-0.1, -0.05) is 6.07 Å². The number of ether oxygens (including phenoxy) is 3. The summed E-state index contributed by atoms with van der Waals surface area (Å²) in [5, 5.41) is 14.0. The minimum Gasteiger partial charge on any atom is -0.496 e. The second-order valence-electron chi connectivity index (χ2n) is 7.22. The number of amides is 1. The van der Waals surface area contributed by atoms with E-state index >= 15 is 0 Å². The molecule has 0 unspecified atom stereocenters. The van der Waals surface area contributed by atoms with Crippen molar-refractivity contribution in [3.63, 3.8) is 0 Å². The number of carbonyl (C=O) groups excluding carboxylic acids is 1. The molecule has 2 aromatic carbocycles. The second-order valence-corrected chi connectivity index (χ2v) is 7.22. The number of hydrogen-bond donors (Lipinski definition) is 1. The third-order valence-electron chi connectivity index (χ3n) is 5.34. The van der Waals surface area contributed by atoms with Crippen molar-refractivity contribution in [2.75, 3.05) is 38.7 Å². The number of anilines is 1. The average Bonchev–Trinajstić information content (AvgIpc) is 3.21. The standard InChI is InChI=1S/C21H23N3O6/c1-28-15-5-6-16(18(12-15)24(26)27)22-21(25)13-23-8-2-3-17(23)14-4-7-19-20(11-14)30-10-9-29-19/h4-7,11-12,17H,2-3,8-10,13H2,1H3,(H,22,25)/t17-/m1/s1. The van der Waals surface area contributed by atoms with E-state index in [9.17, 15) is 14.9 Å². The van der Waals surface area contributed by atoms with Gasteiger partial charge in [0.05, 0.1) is 24.6 Å². The van der Waals surface area contributed by atoms with Crippen LogP contribution in [0.2, 0.25) is 0 Å². The van der Waals surface area contributed by atoms with Crippen molar-refractivity contribution < 1.29 is 23.9 Å². The van der Waals surface area contributed by atoms with Crippen LogP contribution in [0.5, 0.6) is 17.2 Å². The van der Waals surface area contributed by atoms with Crippen molar-refractivity contribution >= 4 is 17.3 Å². The number of benzene rings is 2. The molecule has 0 bridgehead atoms. The minimum atomic E-state index is -0.536. The van der Waals surface area contributed by atoms with Gasteiger partial charge in [-0.05, 0) is 49.2 Å². The number of hydrogen-bond acceptors (Lipinski definition) is 7. The average molecular weight is 413 g/mol. The third-order valence-corrected chi connectivity index (χ3v) is 5.34. The lowest BCUT2D eigenvalue weighted by atomic mass is 10.0. The van der Waals surface area contributed by atoms with Gasteiger partial charge in [0, 0.05) is 6.04 Å². The molecule has 0 aliphatic carbocycles. The molecule has 1 saturated heterocycles. The predicted molar refractivity (Wildman–Crippen MR) is 109 cm³/mol. The number of carbonyl (C=O) groups is 1. The molecular weight excluding hydrogens is 390 g/mol. The van der Waals surface area contributed by atoms with Crippen LogP contribution in [0.25, 0.3) is 0 Å². The molecule has 1 atom stereocenters. The van der Waals surface area contributed by atoms with Crippen molar-refractivity contribution in [3.05, 3.63) is 52.1 Å². The van der Waals surface area contributed by atoms with Gasteiger partial charge in [-0.15, -0.1) is 0 Å². The first-order chi connectivity index (χ1) is 14.5. The summed E-state index contributed by atoms with van der Waals surface area (Å²) in [5.74, 6) is 1.52. The van der Waals surface area contributed by atoms with Gasteiger partial charge in [0.2, 0.25) is 5.91 Å². The van der Waals surface area contributed by atoms with Crippen LogP contribution in [0.3, 0.4) is 0 Å². The molecule has 1 fully saturated rings. The molecule has 158 valence electrons. The van der Waals surface area contributed by atoms with Gasteiger partial charge < -0.3 is 19.5 Å². The summed E-state index contributed by atoms with van der Waals surface area (Å²) in [5.41, 5.74) is 1.02. The van der Waals surface area contributed by atoms with Crippen LogP contribution in [0, 0.1) is 10.1 Å². The Morgan fingerprint density at radius 2 is 2.03 bits per heavy atom. The van der Waals surface area contributed by atoms with Gasteiger partial charge in [-0.3, -0.25) is 19.8 Å². The number of rotatable bonds is 6. The van der Waals surface area contributed by atoms with Crippen molar-refractivity contribution in [1.29, 1.82) is 0 Å². The summed E-state index contributed by atoms with van der Waals surface area (Å²) in [7, 11) is 1.43. The minimum absolute atomic E-state index is 0.0810. The normalized spacial score (nSPS) is 18.1. The van der Waals surface area contributed by atoms with E-state index in [-0.39, 0.29) is 29.9 Å². The Labute approximate surface area is 173 Å². The highest BCUT2D eigenvalue weighted by Gasteiger charge is 2.29. The number of methoxy groups -OCH3 is 1. The number of likely N-dealkylation sites (tertiary alicyclic amines) is 1. The van der Waals surface area contributed by atoms with E-state index in [4.69, 9.17) is 14.2 Å². The Morgan fingerprint density at radius 1 is 1.23 bits per heavy atom. The van der Waals surface area contributed by atoms with E-state index in [1.165, 1.54) is 19.2 Å². The van der Waals surface area contributed by atoms with Crippen molar-refractivity contribution in [3.8, 4) is 17.2 Å². The lowest BCUT2D eigenvalue weighted by Gasteiger charge is -2.26. The Morgan fingerprint density at radius 3 is 2.80 bits per heavy atom. The summed E-state index contributed by atoms with van der Waals surface area (Å²) in [6.07, 6.45) is 1.89. The van der Waals surface area contributed by atoms with Crippen molar-refractivity contribution in [1.82, 2.24) is 4.90 Å². The highest BCUT2D eigenvalue weighted by molar-refractivity contribution is 5.94. The first kappa shape index (κ1) is 20.0. The fourth-order valence-electron chi connectivity index (χ4n) is 3.93. The zero-order chi connectivity index (χ0) is 21.1. The molecule has 2 aromatic rings. The molecule has 1 N–H and O–H groups in total. The lowest BCUT2D eigenvalue weighted by Crippen LogP contribution is -2.33. The van der Waals surface area contributed by atoms with Gasteiger partial charge in [-0.2, -0.15) is 0 Å². The van der Waals surface area contributed by atoms with Crippen LogP contribution in [0.15, 0.2) is 36.4 Å². The molecule has 0 saturated carbocycles. The number of nitrogens with zero attached hydrogens (tertiary/aromatic N) is 2. The van der Waals surface area contributed by atoms with Gasteiger partial charge in [-0.25, -0.2) is 0 Å². The van der Waals surface area contributed by atoms with Crippen LogP contribution in [0.4, 0.5) is 11.4 Å². The molecule has 30 heavy (non-hydrogen) atoms. The van der Waals surface area contributed by atoms with Gasteiger partial charge in [0.15, 0.2) is 11.5 Å². The summed E-state index contributed by atoms with van der Waals surface area (Å²) in [6.45, 7) is 1.98. The predicted octanol–water partition coefficient (Wildman–Crippen LogP) is 3.15. The molecule has 2 heterocycles. The molecule has 2 aliphatic rings. The maximum Gasteiger partial charge on any atom is 0.296 e. The van der Waals surface area contributed by atoms with E-state index in [1.54, 1.807) is 6.07 Å². The Balaban J connectivity index is 1.46. The van der Waals surface area contributed by atoms with Crippen LogP contribution in [0.1, 0.15) is 24.4 Å². The maximum absolute atomic E-state index is 12.7. The van der Waals surface area contributed by atoms with Gasteiger partial charge in [0.1, 0.15) is 24.7 Å². The summed E-state index contributed by atoms with van der Waals surface area (Å²) >= 11 is 0. The van der Waals surface area contributed by atoms with E-state index < -0.39 is 4.92 Å². The molecule has 0 spiro atoms. The Bertz CT molecular complexity index is 964. The Kier molecular flexibility index (Phi) is 5.71. The number of fused-ring (bicyclic) bond motifs is 1. The zero-order valence-electron chi connectivity index (χ0n) is 16.6. The van der Waals surface area contributed by atoms with Gasteiger partial charge >= 0.3 is 0 Å².